The first-order valence-corrected chi connectivity index (χ1v) is 23.2. The van der Waals surface area contributed by atoms with Crippen molar-refractivity contribution in [3.8, 4) is 11.5 Å². The molecule has 1 aliphatic heterocycles. The van der Waals surface area contributed by atoms with Crippen LogP contribution in [0, 0.1) is 5.92 Å². The molecular formula is C22H41NO9Si4. The molecule has 1 amide bonds. The molecule has 1 heterocycles. The molecule has 1 fully saturated rings. The number of carboxylic acid groups (broad SMARTS) is 1. The largest absolute Gasteiger partial charge is 0.504 e. The van der Waals surface area contributed by atoms with E-state index in [0.29, 0.717) is 31.9 Å². The normalized spacial score (nSPS) is 21.1. The summed E-state index contributed by atoms with van der Waals surface area (Å²) in [6.07, 6.45) is 1.20. The van der Waals surface area contributed by atoms with Crippen LogP contribution in [0.25, 0.3) is 0 Å². The maximum atomic E-state index is 12.4. The van der Waals surface area contributed by atoms with Gasteiger partial charge in [0.15, 0.2) is 11.5 Å². The number of hydrogen-bond donors (Lipinski definition) is 4. The predicted octanol–water partition coefficient (Wildman–Crippen LogP) is 3.89. The van der Waals surface area contributed by atoms with E-state index in [0.717, 1.165) is 5.56 Å². The van der Waals surface area contributed by atoms with E-state index < -0.39 is 46.1 Å². The molecule has 0 aromatic heterocycles. The molecule has 1 aromatic carbocycles. The van der Waals surface area contributed by atoms with Gasteiger partial charge in [0.25, 0.3) is 0 Å². The number of phenols is 2. The molecule has 2 rings (SSSR count). The molecule has 10 nitrogen and oxygen atoms in total. The first-order valence-electron chi connectivity index (χ1n) is 12.2. The van der Waals surface area contributed by atoms with Gasteiger partial charge in [-0.15, -0.1) is 0 Å². The van der Waals surface area contributed by atoms with Gasteiger partial charge in [0.1, 0.15) is 0 Å². The van der Waals surface area contributed by atoms with Crippen LogP contribution in [0.3, 0.4) is 0 Å². The molecule has 0 saturated carbocycles. The number of nitrogens with one attached hydrogen (secondary N) is 1. The SMILES string of the molecule is C[Si]1(C)O[Si](C)(C)O[Si](C)(CCCC(CC(=O)NCCc2ccc(O)c(O)c2)C(=O)O)O[Si](C)(C)O1. The quantitative estimate of drug-likeness (QED) is 0.241. The third-order valence-corrected chi connectivity index (χ3v) is 22.2. The number of aromatic hydroxyl groups is 2. The molecule has 1 unspecified atom stereocenters. The van der Waals surface area contributed by atoms with Crippen molar-refractivity contribution in [2.75, 3.05) is 6.54 Å². The molecule has 0 aliphatic carbocycles. The van der Waals surface area contributed by atoms with E-state index in [2.05, 4.69) is 5.32 Å². The van der Waals surface area contributed by atoms with Crippen molar-refractivity contribution < 1.29 is 41.4 Å². The topological polar surface area (TPSA) is 144 Å². The number of carboxylic acids is 1. The summed E-state index contributed by atoms with van der Waals surface area (Å²) in [4.78, 5) is 24.2. The zero-order valence-electron chi connectivity index (χ0n) is 22.3. The first-order chi connectivity index (χ1) is 16.4. The zero-order valence-corrected chi connectivity index (χ0v) is 26.3. The van der Waals surface area contributed by atoms with Crippen LogP contribution in [-0.4, -0.2) is 68.0 Å². The van der Waals surface area contributed by atoms with Gasteiger partial charge >= 0.3 is 40.2 Å². The van der Waals surface area contributed by atoms with Crippen molar-refractivity contribution in [3.63, 3.8) is 0 Å². The molecule has 1 aromatic rings. The molecule has 36 heavy (non-hydrogen) atoms. The molecule has 0 radical (unpaired) electrons. The standard InChI is InChI=1S/C22H41NO9Si4/c1-33(2)29-34(3,4)31-36(7,32-35(5,6)30-33)14-8-9-18(22(27)28)16-21(26)23-13-12-17-10-11-19(24)20(25)15-17/h10-11,15,18,24-25H,8-9,12-14,16H2,1-7H3,(H,23,26)(H,27,28). The van der Waals surface area contributed by atoms with Gasteiger partial charge in [-0.3, -0.25) is 9.59 Å². The Morgan fingerprint density at radius 3 is 1.97 bits per heavy atom. The third kappa shape index (κ3) is 10.1. The summed E-state index contributed by atoms with van der Waals surface area (Å²) in [5, 5.41) is 31.4. The second kappa shape index (κ2) is 11.9. The molecular weight excluding hydrogens is 535 g/mol. The lowest BCUT2D eigenvalue weighted by Crippen LogP contribution is -2.65. The third-order valence-electron chi connectivity index (χ3n) is 5.65. The van der Waals surface area contributed by atoms with Crippen LogP contribution in [0.4, 0.5) is 0 Å². The maximum absolute atomic E-state index is 12.4. The van der Waals surface area contributed by atoms with Gasteiger partial charge in [0.05, 0.1) is 5.92 Å². The molecule has 0 spiro atoms. The fourth-order valence-corrected chi connectivity index (χ4v) is 26.4. The van der Waals surface area contributed by atoms with Crippen LogP contribution in [0.1, 0.15) is 24.8 Å². The molecule has 204 valence electrons. The van der Waals surface area contributed by atoms with Crippen LogP contribution in [0.2, 0.25) is 51.9 Å². The Morgan fingerprint density at radius 2 is 1.44 bits per heavy atom. The second-order valence-electron chi connectivity index (χ2n) is 10.8. The molecule has 1 aliphatic rings. The van der Waals surface area contributed by atoms with Crippen molar-refractivity contribution in [2.24, 2.45) is 5.92 Å². The average Bonchev–Trinajstić information content (AvgIpc) is 2.65. The van der Waals surface area contributed by atoms with Gasteiger partial charge in [-0.1, -0.05) is 12.5 Å². The Morgan fingerprint density at radius 1 is 0.889 bits per heavy atom. The Bertz CT molecular complexity index is 920. The Kier molecular flexibility index (Phi) is 10.1. The molecule has 0 bridgehead atoms. The van der Waals surface area contributed by atoms with Crippen LogP contribution in [0.5, 0.6) is 11.5 Å². The lowest BCUT2D eigenvalue weighted by Gasteiger charge is -2.47. The molecule has 4 N–H and O–H groups in total. The van der Waals surface area contributed by atoms with E-state index in [1.807, 2.05) is 45.8 Å². The Hall–Kier alpha value is -1.53. The lowest BCUT2D eigenvalue weighted by atomic mass is 9.99. The van der Waals surface area contributed by atoms with Crippen molar-refractivity contribution in [2.45, 2.75) is 77.6 Å². The van der Waals surface area contributed by atoms with Crippen LogP contribution in [0.15, 0.2) is 18.2 Å². The number of benzene rings is 1. The number of carbonyl (C=O) groups is 2. The number of amides is 1. The smallest absolute Gasteiger partial charge is 0.317 e. The molecule has 14 heteroatoms. The van der Waals surface area contributed by atoms with Crippen LogP contribution in [-0.2, 0) is 32.5 Å². The van der Waals surface area contributed by atoms with E-state index in [-0.39, 0.29) is 23.8 Å². The highest BCUT2D eigenvalue weighted by Crippen LogP contribution is 2.33. The van der Waals surface area contributed by atoms with Gasteiger partial charge in [-0.05, 0) is 82.4 Å². The summed E-state index contributed by atoms with van der Waals surface area (Å²) in [5.74, 6) is -2.60. The van der Waals surface area contributed by atoms with Gasteiger partial charge < -0.3 is 37.1 Å². The highest BCUT2D eigenvalue weighted by molar-refractivity contribution is 6.93. The summed E-state index contributed by atoms with van der Waals surface area (Å²) in [6, 6.07) is 5.05. The molecule has 1 saturated heterocycles. The van der Waals surface area contributed by atoms with Crippen molar-refractivity contribution in [1.82, 2.24) is 5.32 Å². The lowest BCUT2D eigenvalue weighted by molar-refractivity contribution is -0.144. The minimum atomic E-state index is -2.70. The van der Waals surface area contributed by atoms with Gasteiger partial charge in [-0.25, -0.2) is 0 Å². The summed E-state index contributed by atoms with van der Waals surface area (Å²) in [6.45, 7) is 14.3. The average molecular weight is 576 g/mol. The van der Waals surface area contributed by atoms with Crippen molar-refractivity contribution >= 4 is 46.1 Å². The Labute approximate surface area is 217 Å². The highest BCUT2D eigenvalue weighted by atomic mass is 28.5. The predicted molar refractivity (Wildman–Crippen MR) is 145 cm³/mol. The summed E-state index contributed by atoms with van der Waals surface area (Å²) >= 11 is 0. The second-order valence-corrected chi connectivity index (χ2v) is 25.2. The van der Waals surface area contributed by atoms with Gasteiger partial charge in [0.2, 0.25) is 5.91 Å². The number of rotatable bonds is 10. The van der Waals surface area contributed by atoms with E-state index in [1.54, 1.807) is 6.07 Å². The Balaban J connectivity index is 1.90. The maximum Gasteiger partial charge on any atom is 0.317 e. The minimum absolute atomic E-state index is 0.122. The summed E-state index contributed by atoms with van der Waals surface area (Å²) in [7, 11) is -10.1. The number of hydrogen-bond acceptors (Lipinski definition) is 8. The minimum Gasteiger partial charge on any atom is -0.504 e. The zero-order chi connectivity index (χ0) is 27.4. The summed E-state index contributed by atoms with van der Waals surface area (Å²) in [5.41, 5.74) is 0.745. The monoisotopic (exact) mass is 575 g/mol. The fourth-order valence-electron chi connectivity index (χ4n) is 4.76. The number of aliphatic carboxylic acids is 1. The van der Waals surface area contributed by atoms with E-state index in [9.17, 15) is 24.9 Å². The van der Waals surface area contributed by atoms with E-state index >= 15 is 0 Å². The van der Waals surface area contributed by atoms with Crippen LogP contribution < -0.4 is 5.32 Å². The highest BCUT2D eigenvalue weighted by Gasteiger charge is 2.52. The number of carbonyl (C=O) groups excluding carboxylic acids is 1. The number of phenolic OH excluding ortho intramolecular Hbond substituents is 2. The van der Waals surface area contributed by atoms with Gasteiger partial charge in [-0.2, -0.15) is 0 Å². The molecule has 1 atom stereocenters. The first kappa shape index (κ1) is 30.7. The van der Waals surface area contributed by atoms with Gasteiger partial charge in [0, 0.05) is 13.0 Å². The van der Waals surface area contributed by atoms with E-state index in [1.165, 1.54) is 12.1 Å². The van der Waals surface area contributed by atoms with Crippen molar-refractivity contribution in [3.05, 3.63) is 23.8 Å². The fraction of sp³-hybridized carbons (Fsp3) is 0.636. The summed E-state index contributed by atoms with van der Waals surface area (Å²) < 4.78 is 25.8. The van der Waals surface area contributed by atoms with Crippen molar-refractivity contribution in [1.29, 1.82) is 0 Å². The van der Waals surface area contributed by atoms with Crippen LogP contribution >= 0.6 is 0 Å². The van der Waals surface area contributed by atoms with E-state index in [4.69, 9.17) is 16.5 Å².